The average molecular weight is 536 g/mol. The largest absolute Gasteiger partial charge is 0.393 e. The van der Waals surface area contributed by atoms with Crippen molar-refractivity contribution < 1.29 is 19.2 Å². The molecule has 0 unspecified atom stereocenters. The van der Waals surface area contributed by atoms with Gasteiger partial charge in [0.2, 0.25) is 17.8 Å². The average Bonchev–Trinajstić information content (AvgIpc) is 3.64. The summed E-state index contributed by atoms with van der Waals surface area (Å²) in [5, 5.41) is 7.86. The summed E-state index contributed by atoms with van der Waals surface area (Å²) in [5.41, 5.74) is 8.41. The van der Waals surface area contributed by atoms with Crippen LogP contribution in [-0.2, 0) is 14.4 Å². The van der Waals surface area contributed by atoms with E-state index in [0.717, 1.165) is 25.1 Å². The van der Waals surface area contributed by atoms with Gasteiger partial charge in [-0.2, -0.15) is 0 Å². The molecule has 0 aliphatic carbocycles. The molecule has 5 rings (SSSR count). The molecule has 4 heterocycles. The van der Waals surface area contributed by atoms with E-state index in [1.807, 2.05) is 31.2 Å². The third-order valence-electron chi connectivity index (χ3n) is 6.50. The van der Waals surface area contributed by atoms with Gasteiger partial charge in [-0.1, -0.05) is 17.3 Å². The number of hydrogen-bond donors (Lipinski definition) is 2. The molecule has 0 spiro atoms. The Bertz CT molecular complexity index is 1400. The number of anilines is 2. The van der Waals surface area contributed by atoms with Crippen molar-refractivity contribution in [2.24, 2.45) is 5.16 Å². The van der Waals surface area contributed by atoms with E-state index in [1.54, 1.807) is 15.9 Å². The minimum Gasteiger partial charge on any atom is -0.393 e. The summed E-state index contributed by atoms with van der Waals surface area (Å²) in [5.74, 6) is 0.0651. The molecule has 3 N–H and O–H groups in total. The summed E-state index contributed by atoms with van der Waals surface area (Å²) in [4.78, 5) is 55.7. The van der Waals surface area contributed by atoms with Crippen LogP contribution in [0.5, 0.6) is 0 Å². The van der Waals surface area contributed by atoms with Gasteiger partial charge in [-0.15, -0.1) is 11.3 Å². The molecule has 2 saturated heterocycles. The summed E-state index contributed by atoms with van der Waals surface area (Å²) in [6.07, 6.45) is 2.80. The first-order chi connectivity index (χ1) is 18.4. The Balaban J connectivity index is 1.50. The van der Waals surface area contributed by atoms with Gasteiger partial charge in [0.05, 0.1) is 11.4 Å². The maximum atomic E-state index is 12.5. The fourth-order valence-electron chi connectivity index (χ4n) is 4.63. The Morgan fingerprint density at radius 2 is 1.89 bits per heavy atom. The van der Waals surface area contributed by atoms with Gasteiger partial charge >= 0.3 is 0 Å². The highest BCUT2D eigenvalue weighted by Crippen LogP contribution is 2.29. The van der Waals surface area contributed by atoms with Crippen LogP contribution in [0.3, 0.4) is 0 Å². The van der Waals surface area contributed by atoms with Crippen LogP contribution in [-0.4, -0.2) is 71.1 Å². The number of nitrogens with one attached hydrogen (secondary N) is 1. The number of carbonyl (C=O) groups is 3. The van der Waals surface area contributed by atoms with Crippen LogP contribution in [0.1, 0.15) is 53.5 Å². The van der Waals surface area contributed by atoms with Crippen molar-refractivity contribution in [1.29, 1.82) is 0 Å². The lowest BCUT2D eigenvalue weighted by atomic mass is 10.0. The third kappa shape index (κ3) is 5.30. The molecule has 0 bridgehead atoms. The molecular formula is C26H29N7O4S. The van der Waals surface area contributed by atoms with Gasteiger partial charge in [-0.25, -0.2) is 9.97 Å². The number of carbonyl (C=O) groups excluding carboxylic acids is 3. The van der Waals surface area contributed by atoms with Gasteiger partial charge in [-0.3, -0.25) is 14.4 Å². The highest BCUT2D eigenvalue weighted by Gasteiger charge is 2.24. The number of rotatable bonds is 9. The van der Waals surface area contributed by atoms with Gasteiger partial charge in [0.25, 0.3) is 5.91 Å². The zero-order chi connectivity index (χ0) is 26.6. The molecule has 38 heavy (non-hydrogen) atoms. The van der Waals surface area contributed by atoms with Crippen molar-refractivity contribution in [3.05, 3.63) is 46.5 Å². The number of thiophene rings is 1. The Kier molecular flexibility index (Phi) is 7.50. The topological polar surface area (TPSA) is 143 Å². The van der Waals surface area contributed by atoms with Crippen molar-refractivity contribution in [3.63, 3.8) is 0 Å². The number of nitrogen functional groups attached to an aromatic ring is 1. The molecule has 11 nitrogen and oxygen atoms in total. The van der Waals surface area contributed by atoms with Crippen LogP contribution in [0.25, 0.3) is 10.2 Å². The van der Waals surface area contributed by atoms with Crippen molar-refractivity contribution in [3.8, 4) is 0 Å². The summed E-state index contributed by atoms with van der Waals surface area (Å²) < 4.78 is 0. The normalized spacial score (nSPS) is 16.1. The quantitative estimate of drug-likeness (QED) is 0.243. The van der Waals surface area contributed by atoms with E-state index >= 15 is 0 Å². The van der Waals surface area contributed by atoms with Gasteiger partial charge in [0, 0.05) is 49.1 Å². The summed E-state index contributed by atoms with van der Waals surface area (Å²) in [6.45, 7) is 4.42. The number of benzene rings is 1. The van der Waals surface area contributed by atoms with Crippen LogP contribution in [0.4, 0.5) is 11.6 Å². The molecule has 3 amide bonds. The van der Waals surface area contributed by atoms with Gasteiger partial charge in [0.1, 0.15) is 22.8 Å². The van der Waals surface area contributed by atoms with Crippen molar-refractivity contribution in [2.45, 2.75) is 32.6 Å². The van der Waals surface area contributed by atoms with E-state index < -0.39 is 0 Å². The Hall–Kier alpha value is -4.06. The molecule has 2 aliphatic heterocycles. The predicted octanol–water partition coefficient (Wildman–Crippen LogP) is 2.54. The number of nitrogens with zero attached hydrogens (tertiary/aromatic N) is 5. The predicted molar refractivity (Wildman–Crippen MR) is 145 cm³/mol. The fourth-order valence-corrected chi connectivity index (χ4v) is 5.59. The number of likely N-dealkylation sites (tertiary alicyclic amines) is 1. The standard InChI is InChI=1S/C26H29N7O4S/c1-2-28-24(36)19-15-18-23(29-26(27)30-25(18)38-19)22(31-37-14-13-32-11-3-5-20(32)34)16-7-9-17(10-8-16)33-12-4-6-21(33)35/h7-10,15H,2-6,11-14H2,1H3,(H,28,36)(H2,27,29,30)/b31-22+. The van der Waals surface area contributed by atoms with Crippen molar-refractivity contribution >= 4 is 56.6 Å². The minimum absolute atomic E-state index is 0.0476. The van der Waals surface area contributed by atoms with E-state index in [-0.39, 0.29) is 30.3 Å². The molecule has 1 aromatic carbocycles. The molecule has 12 heteroatoms. The summed E-state index contributed by atoms with van der Waals surface area (Å²) in [6, 6.07) is 9.18. The van der Waals surface area contributed by atoms with Crippen LogP contribution in [0.2, 0.25) is 0 Å². The lowest BCUT2D eigenvalue weighted by Crippen LogP contribution is -2.28. The summed E-state index contributed by atoms with van der Waals surface area (Å²) in [7, 11) is 0. The molecule has 2 aromatic heterocycles. The highest BCUT2D eigenvalue weighted by atomic mass is 32.1. The highest BCUT2D eigenvalue weighted by molar-refractivity contribution is 7.20. The maximum Gasteiger partial charge on any atom is 0.261 e. The molecule has 198 valence electrons. The third-order valence-corrected chi connectivity index (χ3v) is 7.53. The van der Waals surface area contributed by atoms with E-state index in [1.165, 1.54) is 11.3 Å². The van der Waals surface area contributed by atoms with E-state index in [9.17, 15) is 14.4 Å². The molecule has 0 atom stereocenters. The summed E-state index contributed by atoms with van der Waals surface area (Å²) >= 11 is 1.22. The first-order valence-corrected chi connectivity index (χ1v) is 13.5. The van der Waals surface area contributed by atoms with Crippen LogP contribution in [0.15, 0.2) is 35.5 Å². The second-order valence-electron chi connectivity index (χ2n) is 9.07. The second kappa shape index (κ2) is 11.1. The SMILES string of the molecule is CCNC(=O)c1cc2c(/C(=N/OCCN3CCCC3=O)c3ccc(N4CCCC4=O)cc3)nc(N)nc2s1. The zero-order valence-electron chi connectivity index (χ0n) is 21.1. The van der Waals surface area contributed by atoms with E-state index in [2.05, 4.69) is 20.4 Å². The Morgan fingerprint density at radius 3 is 2.58 bits per heavy atom. The number of hydrogen-bond acceptors (Lipinski definition) is 9. The van der Waals surface area contributed by atoms with Gasteiger partial charge in [0.15, 0.2) is 0 Å². The zero-order valence-corrected chi connectivity index (χ0v) is 21.9. The number of fused-ring (bicyclic) bond motifs is 1. The molecule has 0 saturated carbocycles. The number of nitrogens with two attached hydrogens (primary N) is 1. The number of amides is 3. The minimum atomic E-state index is -0.204. The van der Waals surface area contributed by atoms with E-state index in [4.69, 9.17) is 10.6 Å². The second-order valence-corrected chi connectivity index (χ2v) is 10.1. The van der Waals surface area contributed by atoms with Crippen LogP contribution < -0.4 is 16.0 Å². The monoisotopic (exact) mass is 535 g/mol. The fraction of sp³-hybridized carbons (Fsp3) is 0.385. The smallest absolute Gasteiger partial charge is 0.261 e. The van der Waals surface area contributed by atoms with Gasteiger partial charge < -0.3 is 25.7 Å². The molecular weight excluding hydrogens is 506 g/mol. The van der Waals surface area contributed by atoms with Gasteiger partial charge in [-0.05, 0) is 38.0 Å². The first kappa shape index (κ1) is 25.6. The number of oxime groups is 1. The van der Waals surface area contributed by atoms with Crippen LogP contribution in [0, 0.1) is 0 Å². The van der Waals surface area contributed by atoms with E-state index in [0.29, 0.717) is 64.5 Å². The lowest BCUT2D eigenvalue weighted by Gasteiger charge is -2.17. The van der Waals surface area contributed by atoms with Crippen LogP contribution >= 0.6 is 11.3 Å². The molecule has 3 aromatic rings. The molecule has 2 aliphatic rings. The lowest BCUT2D eigenvalue weighted by molar-refractivity contribution is -0.128. The Labute approximate surface area is 223 Å². The van der Waals surface area contributed by atoms with Crippen molar-refractivity contribution in [2.75, 3.05) is 43.4 Å². The molecule has 2 fully saturated rings. The maximum absolute atomic E-state index is 12.5. The Morgan fingerprint density at radius 1 is 1.13 bits per heavy atom. The van der Waals surface area contributed by atoms with Crippen molar-refractivity contribution in [1.82, 2.24) is 20.2 Å². The first-order valence-electron chi connectivity index (χ1n) is 12.7. The molecule has 0 radical (unpaired) electrons. The number of aromatic nitrogens is 2.